The van der Waals surface area contributed by atoms with Gasteiger partial charge in [0, 0.05) is 18.1 Å². The molecule has 164 valence electrons. The van der Waals surface area contributed by atoms with Crippen molar-refractivity contribution < 1.29 is 0 Å². The normalized spacial score (nSPS) is 12.3. The zero-order chi connectivity index (χ0) is 23.1. The Morgan fingerprint density at radius 1 is 0.600 bits per heavy atom. The van der Waals surface area contributed by atoms with Crippen molar-refractivity contribution in [1.82, 2.24) is 9.55 Å². The van der Waals surface area contributed by atoms with E-state index in [9.17, 15) is 0 Å². The maximum Gasteiger partial charge on any atom is 0.0965 e. The number of rotatable bonds is 2. The molecule has 2 nitrogen and oxygen atoms in total. The van der Waals surface area contributed by atoms with Gasteiger partial charge in [0.1, 0.15) is 0 Å². The van der Waals surface area contributed by atoms with Gasteiger partial charge in [-0.25, -0.2) is 0 Å². The summed E-state index contributed by atoms with van der Waals surface area (Å²) in [5, 5.41) is 11.7. The van der Waals surface area contributed by atoms with E-state index in [1.807, 2.05) is 12.3 Å². The summed E-state index contributed by atoms with van der Waals surface area (Å²) in [7, 11) is 0. The average Bonchev–Trinajstić information content (AvgIpc) is 3.24. The molecular formula is C33H22N2. The monoisotopic (exact) mass is 446 g/mol. The Kier molecular flexibility index (Phi) is 3.68. The van der Waals surface area contributed by atoms with Gasteiger partial charge >= 0.3 is 0 Å². The van der Waals surface area contributed by atoms with Crippen LogP contribution in [-0.4, -0.2) is 9.55 Å². The van der Waals surface area contributed by atoms with Gasteiger partial charge in [0.2, 0.25) is 0 Å². The van der Waals surface area contributed by atoms with E-state index in [1.54, 1.807) is 0 Å². The molecule has 0 saturated heterocycles. The minimum absolute atomic E-state index is 0.922. The molecule has 0 aliphatic carbocycles. The third-order valence-corrected chi connectivity index (χ3v) is 7.74. The van der Waals surface area contributed by atoms with Crippen LogP contribution in [0.4, 0.5) is 0 Å². The summed E-state index contributed by atoms with van der Waals surface area (Å²) >= 11 is 0. The third kappa shape index (κ3) is 2.46. The molecule has 35 heavy (non-hydrogen) atoms. The highest BCUT2D eigenvalue weighted by Gasteiger charge is 2.18. The lowest BCUT2D eigenvalue weighted by Gasteiger charge is -2.15. The van der Waals surface area contributed by atoms with Crippen LogP contribution in [0.1, 0.15) is 6.92 Å². The van der Waals surface area contributed by atoms with E-state index in [4.69, 9.17) is 4.98 Å². The van der Waals surface area contributed by atoms with Crippen molar-refractivity contribution in [3.8, 4) is 11.1 Å². The van der Waals surface area contributed by atoms with E-state index in [0.717, 1.165) is 12.1 Å². The first kappa shape index (κ1) is 18.9. The quantitative estimate of drug-likeness (QED) is 0.242. The summed E-state index contributed by atoms with van der Waals surface area (Å²) in [4.78, 5) is 4.83. The van der Waals surface area contributed by atoms with Crippen LogP contribution in [0.5, 0.6) is 0 Å². The molecule has 0 aliphatic rings. The molecule has 2 heterocycles. The van der Waals surface area contributed by atoms with Gasteiger partial charge in [-0.15, -0.1) is 0 Å². The van der Waals surface area contributed by atoms with E-state index >= 15 is 0 Å². The highest BCUT2D eigenvalue weighted by atomic mass is 15.0. The summed E-state index contributed by atoms with van der Waals surface area (Å²) in [6.07, 6.45) is 1.91. The predicted octanol–water partition coefficient (Wildman–Crippen LogP) is 8.93. The molecule has 0 bridgehead atoms. The Bertz CT molecular complexity index is 2100. The lowest BCUT2D eigenvalue weighted by atomic mass is 9.88. The second kappa shape index (κ2) is 6.80. The van der Waals surface area contributed by atoms with Crippen molar-refractivity contribution in [3.63, 3.8) is 0 Å². The minimum atomic E-state index is 0.922. The highest BCUT2D eigenvalue weighted by molar-refractivity contribution is 6.33. The molecular weight excluding hydrogens is 424 g/mol. The van der Waals surface area contributed by atoms with Gasteiger partial charge in [-0.1, -0.05) is 72.8 Å². The summed E-state index contributed by atoms with van der Waals surface area (Å²) < 4.78 is 2.40. The fourth-order valence-electron chi connectivity index (χ4n) is 6.21. The zero-order valence-corrected chi connectivity index (χ0v) is 19.4. The van der Waals surface area contributed by atoms with E-state index in [2.05, 4.69) is 102 Å². The van der Waals surface area contributed by atoms with E-state index in [0.29, 0.717) is 0 Å². The van der Waals surface area contributed by atoms with Crippen LogP contribution in [0.25, 0.3) is 76.2 Å². The van der Waals surface area contributed by atoms with Crippen LogP contribution >= 0.6 is 0 Å². The number of aryl methyl sites for hydroxylation is 1. The minimum Gasteiger partial charge on any atom is -0.339 e. The third-order valence-electron chi connectivity index (χ3n) is 7.74. The van der Waals surface area contributed by atoms with E-state index < -0.39 is 0 Å². The predicted molar refractivity (Wildman–Crippen MR) is 150 cm³/mol. The number of hydrogen-bond donors (Lipinski definition) is 0. The molecule has 0 unspecified atom stereocenters. The first-order chi connectivity index (χ1) is 17.3. The van der Waals surface area contributed by atoms with Crippen molar-refractivity contribution in [2.75, 3.05) is 0 Å². The van der Waals surface area contributed by atoms with Crippen molar-refractivity contribution in [2.24, 2.45) is 0 Å². The molecule has 2 heteroatoms. The zero-order valence-electron chi connectivity index (χ0n) is 19.4. The lowest BCUT2D eigenvalue weighted by Crippen LogP contribution is -1.93. The second-order valence-corrected chi connectivity index (χ2v) is 9.48. The number of aromatic nitrogens is 2. The van der Waals surface area contributed by atoms with Crippen LogP contribution in [0.3, 0.4) is 0 Å². The second-order valence-electron chi connectivity index (χ2n) is 9.48. The summed E-state index contributed by atoms with van der Waals surface area (Å²) in [6, 6.07) is 35.8. The van der Waals surface area contributed by atoms with E-state index in [1.165, 1.54) is 70.6 Å². The molecule has 0 N–H and O–H groups in total. The average molecular weight is 447 g/mol. The SMILES string of the molecule is CCn1c2cccnc2c2c3ccc4ccc(-c5ccc6ccccc6c5)c5ccc(cc21)c3c45. The number of nitrogens with zero attached hydrogens (tertiary/aromatic N) is 2. The van der Waals surface area contributed by atoms with Gasteiger partial charge in [-0.3, -0.25) is 4.98 Å². The Morgan fingerprint density at radius 2 is 1.37 bits per heavy atom. The smallest absolute Gasteiger partial charge is 0.0965 e. The lowest BCUT2D eigenvalue weighted by molar-refractivity contribution is 0.827. The molecule has 0 fully saturated rings. The number of fused-ring (bicyclic) bond motifs is 5. The first-order valence-corrected chi connectivity index (χ1v) is 12.3. The van der Waals surface area contributed by atoms with Gasteiger partial charge in [-0.2, -0.15) is 0 Å². The maximum atomic E-state index is 4.83. The summed E-state index contributed by atoms with van der Waals surface area (Å²) in [5.41, 5.74) is 6.11. The Balaban J connectivity index is 1.53. The van der Waals surface area contributed by atoms with Gasteiger partial charge in [0.05, 0.1) is 16.6 Å². The molecule has 0 radical (unpaired) electrons. The van der Waals surface area contributed by atoms with E-state index in [-0.39, 0.29) is 0 Å². The fourth-order valence-corrected chi connectivity index (χ4v) is 6.21. The van der Waals surface area contributed by atoms with Crippen molar-refractivity contribution in [1.29, 1.82) is 0 Å². The first-order valence-electron chi connectivity index (χ1n) is 12.3. The molecule has 8 aromatic rings. The van der Waals surface area contributed by atoms with Gasteiger partial charge < -0.3 is 4.57 Å². The van der Waals surface area contributed by atoms with Crippen molar-refractivity contribution >= 4 is 65.0 Å². The van der Waals surface area contributed by atoms with Crippen LogP contribution < -0.4 is 0 Å². The molecule has 6 aromatic carbocycles. The van der Waals surface area contributed by atoms with Crippen molar-refractivity contribution in [2.45, 2.75) is 13.5 Å². The van der Waals surface area contributed by atoms with Crippen LogP contribution in [0.15, 0.2) is 103 Å². The molecule has 2 aromatic heterocycles. The summed E-state index contributed by atoms with van der Waals surface area (Å²) in [5.74, 6) is 0. The number of hydrogen-bond acceptors (Lipinski definition) is 1. The largest absolute Gasteiger partial charge is 0.339 e. The molecule has 0 amide bonds. The standard InChI is InChI=1S/C33H22N2/c1-2-35-28-8-5-17-34-33(28)32-27-16-12-21-11-14-25(23-10-9-20-6-3-4-7-22(20)18-23)26-15-13-24(19-29(32)35)31(27)30(21)26/h3-19H,2H2,1H3. The topological polar surface area (TPSA) is 17.8 Å². The van der Waals surface area contributed by atoms with Gasteiger partial charge in [0.25, 0.3) is 0 Å². The molecule has 0 aliphatic heterocycles. The summed E-state index contributed by atoms with van der Waals surface area (Å²) in [6.45, 7) is 3.14. The van der Waals surface area contributed by atoms with Gasteiger partial charge in [0.15, 0.2) is 0 Å². The Labute approximate surface area is 202 Å². The molecule has 0 spiro atoms. The number of pyridine rings is 1. The maximum absolute atomic E-state index is 4.83. The molecule has 0 atom stereocenters. The Hall–Kier alpha value is -4.43. The number of benzene rings is 6. The van der Waals surface area contributed by atoms with Crippen LogP contribution in [0.2, 0.25) is 0 Å². The molecule has 8 rings (SSSR count). The van der Waals surface area contributed by atoms with Crippen LogP contribution in [-0.2, 0) is 6.54 Å². The highest BCUT2D eigenvalue weighted by Crippen LogP contribution is 2.44. The van der Waals surface area contributed by atoms with Crippen LogP contribution in [0, 0.1) is 0 Å². The fraction of sp³-hybridized carbons (Fsp3) is 0.0606. The van der Waals surface area contributed by atoms with Gasteiger partial charge in [-0.05, 0) is 85.4 Å². The van der Waals surface area contributed by atoms with Crippen molar-refractivity contribution in [3.05, 3.63) is 103 Å². The Morgan fingerprint density at radius 3 is 2.29 bits per heavy atom. The molecule has 0 saturated carbocycles.